The van der Waals surface area contributed by atoms with Gasteiger partial charge in [0.2, 0.25) is 4.96 Å². The normalized spacial score (nSPS) is 15.4. The van der Waals surface area contributed by atoms with Gasteiger partial charge in [-0.1, -0.05) is 53.3 Å². The first kappa shape index (κ1) is 17.6. The lowest BCUT2D eigenvalue weighted by molar-refractivity contribution is 0.242. The first-order valence-corrected chi connectivity index (χ1v) is 10.5. The van der Waals surface area contributed by atoms with Gasteiger partial charge in [-0.05, 0) is 24.3 Å². The Morgan fingerprint density at radius 1 is 0.929 bits per heavy atom. The van der Waals surface area contributed by atoms with Gasteiger partial charge in [0.1, 0.15) is 5.01 Å². The summed E-state index contributed by atoms with van der Waals surface area (Å²) in [6.07, 6.45) is 0. The number of piperazine rings is 1. The summed E-state index contributed by atoms with van der Waals surface area (Å²) in [5.74, 6) is 0.882. The molecule has 1 fully saturated rings. The molecule has 0 unspecified atom stereocenters. The molecule has 142 valence electrons. The van der Waals surface area contributed by atoms with Crippen LogP contribution in [0.4, 0.5) is 5.69 Å². The molecule has 1 saturated heterocycles. The summed E-state index contributed by atoms with van der Waals surface area (Å²) in [4.78, 5) is 5.65. The van der Waals surface area contributed by atoms with Gasteiger partial charge in [-0.15, -0.1) is 10.2 Å². The molecule has 0 N–H and O–H groups in total. The second-order valence-corrected chi connectivity index (χ2v) is 8.22. The van der Waals surface area contributed by atoms with E-state index >= 15 is 0 Å². The molecule has 1 aliphatic rings. The van der Waals surface area contributed by atoms with E-state index in [2.05, 4.69) is 50.3 Å². The Morgan fingerprint density at radius 3 is 2.54 bits per heavy atom. The van der Waals surface area contributed by atoms with Crippen molar-refractivity contribution in [1.82, 2.24) is 24.7 Å². The third kappa shape index (κ3) is 3.48. The van der Waals surface area contributed by atoms with Crippen LogP contribution in [0.3, 0.4) is 0 Å². The lowest BCUT2D eigenvalue weighted by Gasteiger charge is -2.35. The highest BCUT2D eigenvalue weighted by Gasteiger charge is 2.20. The largest absolute Gasteiger partial charge is 0.369 e. The average Bonchev–Trinajstić information content (AvgIpc) is 3.31. The van der Waals surface area contributed by atoms with Crippen LogP contribution in [0.15, 0.2) is 54.6 Å². The number of benzene rings is 2. The predicted molar refractivity (Wildman–Crippen MR) is 113 cm³/mol. The molecular formula is C20H19ClN6S. The van der Waals surface area contributed by atoms with Gasteiger partial charge in [0.15, 0.2) is 5.82 Å². The molecule has 5 rings (SSSR count). The average molecular weight is 411 g/mol. The minimum atomic E-state index is 0.708. The van der Waals surface area contributed by atoms with Gasteiger partial charge >= 0.3 is 0 Å². The molecular weight excluding hydrogens is 392 g/mol. The predicted octanol–water partition coefficient (Wildman–Crippen LogP) is 3.83. The zero-order valence-corrected chi connectivity index (χ0v) is 16.8. The molecule has 8 heteroatoms. The van der Waals surface area contributed by atoms with Crippen molar-refractivity contribution in [3.8, 4) is 10.6 Å². The Balaban J connectivity index is 1.30. The van der Waals surface area contributed by atoms with Crippen LogP contribution in [-0.2, 0) is 6.54 Å². The smallest absolute Gasteiger partial charge is 0.235 e. The second kappa shape index (κ2) is 7.50. The Kier molecular flexibility index (Phi) is 4.72. The van der Waals surface area contributed by atoms with Crippen LogP contribution in [0, 0.1) is 0 Å². The zero-order valence-electron chi connectivity index (χ0n) is 15.2. The van der Waals surface area contributed by atoms with Crippen LogP contribution in [0.2, 0.25) is 5.02 Å². The number of rotatable bonds is 4. The van der Waals surface area contributed by atoms with Crippen molar-refractivity contribution in [2.75, 3.05) is 31.1 Å². The number of fused-ring (bicyclic) bond motifs is 1. The molecule has 0 spiro atoms. The van der Waals surface area contributed by atoms with E-state index in [0.29, 0.717) is 5.02 Å². The molecule has 1 aliphatic heterocycles. The number of para-hydroxylation sites is 1. The molecule has 6 nitrogen and oxygen atoms in total. The molecule has 0 radical (unpaired) electrons. The SMILES string of the molecule is Clc1cccc(-c2nn3c(CN4CCN(c5ccccc5)CC4)nnc3s2)c1. The second-order valence-electron chi connectivity index (χ2n) is 6.83. The molecule has 0 saturated carbocycles. The molecule has 4 aromatic rings. The fourth-order valence-electron chi connectivity index (χ4n) is 3.50. The van der Waals surface area contributed by atoms with Crippen LogP contribution in [0.1, 0.15) is 5.82 Å². The van der Waals surface area contributed by atoms with Crippen molar-refractivity contribution in [1.29, 1.82) is 0 Å². The van der Waals surface area contributed by atoms with Gasteiger partial charge in [-0.25, -0.2) is 0 Å². The number of halogens is 1. The maximum atomic E-state index is 6.11. The van der Waals surface area contributed by atoms with Crippen LogP contribution in [0.5, 0.6) is 0 Å². The maximum Gasteiger partial charge on any atom is 0.235 e. The lowest BCUT2D eigenvalue weighted by atomic mass is 10.2. The van der Waals surface area contributed by atoms with Gasteiger partial charge in [0.05, 0.1) is 6.54 Å². The summed E-state index contributed by atoms with van der Waals surface area (Å²) in [6.45, 7) is 4.76. The van der Waals surface area contributed by atoms with Gasteiger partial charge in [-0.2, -0.15) is 9.61 Å². The fraction of sp³-hybridized carbons (Fsp3) is 0.250. The summed E-state index contributed by atoms with van der Waals surface area (Å²) < 4.78 is 1.87. The monoisotopic (exact) mass is 410 g/mol. The minimum absolute atomic E-state index is 0.708. The Labute approximate surface area is 172 Å². The molecule has 0 atom stereocenters. The standard InChI is InChI=1S/C20H19ClN6S/c21-16-6-4-5-15(13-16)19-24-27-18(22-23-20(27)28-19)14-25-9-11-26(12-10-25)17-7-2-1-3-8-17/h1-8,13H,9-12,14H2. The number of nitrogens with zero attached hydrogens (tertiary/aromatic N) is 6. The van der Waals surface area contributed by atoms with Gasteiger partial charge in [-0.3, -0.25) is 4.90 Å². The van der Waals surface area contributed by atoms with Crippen molar-refractivity contribution >= 4 is 33.6 Å². The third-order valence-corrected chi connectivity index (χ3v) is 6.17. The summed E-state index contributed by atoms with van der Waals surface area (Å²) in [7, 11) is 0. The molecule has 28 heavy (non-hydrogen) atoms. The van der Waals surface area contributed by atoms with Crippen molar-refractivity contribution < 1.29 is 0 Å². The van der Waals surface area contributed by atoms with E-state index in [-0.39, 0.29) is 0 Å². The zero-order chi connectivity index (χ0) is 18.9. The fourth-order valence-corrected chi connectivity index (χ4v) is 4.54. The van der Waals surface area contributed by atoms with Crippen molar-refractivity contribution in [2.45, 2.75) is 6.54 Å². The Hall–Kier alpha value is -2.48. The molecule has 0 bridgehead atoms. The van der Waals surface area contributed by atoms with Crippen LogP contribution < -0.4 is 4.90 Å². The van der Waals surface area contributed by atoms with Gasteiger partial charge < -0.3 is 4.90 Å². The highest BCUT2D eigenvalue weighted by molar-refractivity contribution is 7.19. The van der Waals surface area contributed by atoms with E-state index in [1.807, 2.05) is 28.8 Å². The van der Waals surface area contributed by atoms with Gasteiger partial charge in [0.25, 0.3) is 0 Å². The highest BCUT2D eigenvalue weighted by atomic mass is 35.5. The third-order valence-electron chi connectivity index (χ3n) is 4.99. The van der Waals surface area contributed by atoms with Crippen LogP contribution >= 0.6 is 22.9 Å². The summed E-state index contributed by atoms with van der Waals surface area (Å²) >= 11 is 7.65. The highest BCUT2D eigenvalue weighted by Crippen LogP contribution is 2.27. The van der Waals surface area contributed by atoms with Gasteiger partial charge in [0, 0.05) is 42.5 Å². The number of anilines is 1. The van der Waals surface area contributed by atoms with E-state index in [9.17, 15) is 0 Å². The minimum Gasteiger partial charge on any atom is -0.369 e. The van der Waals surface area contributed by atoms with E-state index in [0.717, 1.165) is 54.1 Å². The first-order valence-electron chi connectivity index (χ1n) is 9.26. The molecule has 2 aromatic carbocycles. The van der Waals surface area contributed by atoms with E-state index < -0.39 is 0 Å². The lowest BCUT2D eigenvalue weighted by Crippen LogP contribution is -2.46. The molecule has 3 heterocycles. The maximum absolute atomic E-state index is 6.11. The Morgan fingerprint density at radius 2 is 1.75 bits per heavy atom. The molecule has 2 aromatic heterocycles. The van der Waals surface area contributed by atoms with Crippen LogP contribution in [-0.4, -0.2) is 50.9 Å². The van der Waals surface area contributed by atoms with E-state index in [4.69, 9.17) is 16.7 Å². The summed E-state index contributed by atoms with van der Waals surface area (Å²) in [6, 6.07) is 18.3. The summed E-state index contributed by atoms with van der Waals surface area (Å²) in [5.41, 5.74) is 2.29. The number of hydrogen-bond acceptors (Lipinski definition) is 6. The van der Waals surface area contributed by atoms with E-state index in [1.54, 1.807) is 0 Å². The Bertz CT molecular complexity index is 1080. The number of hydrogen-bond donors (Lipinski definition) is 0. The van der Waals surface area contributed by atoms with Crippen molar-refractivity contribution in [2.24, 2.45) is 0 Å². The van der Waals surface area contributed by atoms with E-state index in [1.165, 1.54) is 17.0 Å². The molecule has 0 aliphatic carbocycles. The topological polar surface area (TPSA) is 49.6 Å². The van der Waals surface area contributed by atoms with Crippen molar-refractivity contribution in [3.05, 3.63) is 65.4 Å². The number of aromatic nitrogens is 4. The first-order chi connectivity index (χ1) is 13.8. The summed E-state index contributed by atoms with van der Waals surface area (Å²) in [5, 5.41) is 15.0. The quantitative estimate of drug-likeness (QED) is 0.511. The van der Waals surface area contributed by atoms with Crippen molar-refractivity contribution in [3.63, 3.8) is 0 Å². The molecule has 0 amide bonds. The van der Waals surface area contributed by atoms with Crippen LogP contribution in [0.25, 0.3) is 15.5 Å².